The number of hydrogen-bond acceptors (Lipinski definition) is 3. The minimum absolute atomic E-state index is 0.151. The van der Waals surface area contributed by atoms with Crippen LogP contribution in [0.15, 0.2) is 0 Å². The van der Waals surface area contributed by atoms with Crippen LogP contribution in [-0.4, -0.2) is 21.0 Å². The van der Waals surface area contributed by atoms with E-state index >= 15 is 0 Å². The van der Waals surface area contributed by atoms with Gasteiger partial charge in [0.25, 0.3) is 10.2 Å². The summed E-state index contributed by atoms with van der Waals surface area (Å²) in [6, 6.07) is -0.273. The van der Waals surface area contributed by atoms with Crippen LogP contribution >= 0.6 is 0 Å². The predicted octanol–water partition coefficient (Wildman–Crippen LogP) is -1.24. The molecule has 5 N–H and O–H groups in total. The molecule has 6 heteroatoms. The van der Waals surface area contributed by atoms with E-state index in [0.29, 0.717) is 0 Å². The molecule has 5 nitrogen and oxygen atoms in total. The van der Waals surface area contributed by atoms with Gasteiger partial charge in [0.15, 0.2) is 0 Å². The summed E-state index contributed by atoms with van der Waals surface area (Å²) in [6.45, 7) is 4.00. The zero-order chi connectivity index (χ0) is 9.07. The third-order valence-corrected chi connectivity index (χ3v) is 2.01. The van der Waals surface area contributed by atoms with Gasteiger partial charge in [0.2, 0.25) is 0 Å². The van der Waals surface area contributed by atoms with Gasteiger partial charge in [0.05, 0.1) is 0 Å². The molecular formula is C5H15N3O2S. The van der Waals surface area contributed by atoms with E-state index < -0.39 is 10.2 Å². The molecule has 0 bridgehead atoms. The highest BCUT2D eigenvalue weighted by molar-refractivity contribution is 7.87. The summed E-state index contributed by atoms with van der Waals surface area (Å²) >= 11 is 0. The molecule has 11 heavy (non-hydrogen) atoms. The standard InChI is InChI=1S/C5H15N3O2S/c1-4(2)5(3-6)8-11(7,9)10/h4-5,8H,3,6H2,1-2H3,(H2,7,9,10)/t5-/m1/s1. The topological polar surface area (TPSA) is 98.2 Å². The number of nitrogens with two attached hydrogens (primary N) is 2. The third-order valence-electron chi connectivity index (χ3n) is 1.37. The number of nitrogens with one attached hydrogen (secondary N) is 1. The van der Waals surface area contributed by atoms with Gasteiger partial charge in [0.1, 0.15) is 0 Å². The molecule has 0 rings (SSSR count). The highest BCUT2D eigenvalue weighted by atomic mass is 32.2. The molecule has 0 fully saturated rings. The van der Waals surface area contributed by atoms with E-state index in [1.54, 1.807) is 0 Å². The maximum absolute atomic E-state index is 10.5. The van der Waals surface area contributed by atoms with E-state index in [0.717, 1.165) is 0 Å². The predicted molar refractivity (Wildman–Crippen MR) is 43.9 cm³/mol. The highest BCUT2D eigenvalue weighted by Gasteiger charge is 2.15. The molecule has 0 radical (unpaired) electrons. The first-order valence-electron chi connectivity index (χ1n) is 3.37. The Bertz CT molecular complexity index is 200. The molecule has 0 unspecified atom stereocenters. The molecule has 0 saturated carbocycles. The van der Waals surface area contributed by atoms with Crippen LogP contribution in [0.2, 0.25) is 0 Å². The fourth-order valence-electron chi connectivity index (χ4n) is 0.667. The van der Waals surface area contributed by atoms with Crippen LogP contribution in [0.3, 0.4) is 0 Å². The lowest BCUT2D eigenvalue weighted by molar-refractivity contribution is 0.455. The van der Waals surface area contributed by atoms with Crippen LogP contribution in [0.5, 0.6) is 0 Å². The average molecular weight is 181 g/mol. The second-order valence-corrected chi connectivity index (χ2v) is 4.07. The van der Waals surface area contributed by atoms with Gasteiger partial charge in [-0.25, -0.2) is 5.14 Å². The normalized spacial score (nSPS) is 15.4. The molecular weight excluding hydrogens is 166 g/mol. The van der Waals surface area contributed by atoms with Gasteiger partial charge < -0.3 is 5.73 Å². The smallest absolute Gasteiger partial charge is 0.274 e. The fraction of sp³-hybridized carbons (Fsp3) is 1.00. The Morgan fingerprint density at radius 3 is 2.00 bits per heavy atom. The van der Waals surface area contributed by atoms with Crippen LogP contribution in [0, 0.1) is 5.92 Å². The summed E-state index contributed by atoms with van der Waals surface area (Å²) in [5.74, 6) is 0.151. The Balaban J connectivity index is 4.10. The summed E-state index contributed by atoms with van der Waals surface area (Å²) in [6.07, 6.45) is 0. The van der Waals surface area contributed by atoms with Gasteiger partial charge in [-0.3, -0.25) is 0 Å². The molecule has 0 aromatic rings. The molecule has 0 aliphatic heterocycles. The van der Waals surface area contributed by atoms with Gasteiger partial charge in [-0.05, 0) is 5.92 Å². The minimum Gasteiger partial charge on any atom is -0.329 e. The van der Waals surface area contributed by atoms with E-state index in [2.05, 4.69) is 4.72 Å². The zero-order valence-corrected chi connectivity index (χ0v) is 7.56. The quantitative estimate of drug-likeness (QED) is 0.506. The lowest BCUT2D eigenvalue weighted by Gasteiger charge is -2.18. The van der Waals surface area contributed by atoms with Crippen molar-refractivity contribution in [3.8, 4) is 0 Å². The Labute approximate surface area is 67.3 Å². The van der Waals surface area contributed by atoms with Crippen molar-refractivity contribution in [1.82, 2.24) is 4.72 Å². The maximum Gasteiger partial charge on any atom is 0.274 e. The Morgan fingerprint density at radius 1 is 1.45 bits per heavy atom. The first-order valence-corrected chi connectivity index (χ1v) is 4.91. The van der Waals surface area contributed by atoms with Gasteiger partial charge in [-0.1, -0.05) is 13.8 Å². The second-order valence-electron chi connectivity index (χ2n) is 2.75. The summed E-state index contributed by atoms with van der Waals surface area (Å²) in [5, 5.41) is 4.76. The van der Waals surface area contributed by atoms with Crippen LogP contribution in [-0.2, 0) is 10.2 Å². The third kappa shape index (κ3) is 5.14. The van der Waals surface area contributed by atoms with Crippen molar-refractivity contribution >= 4 is 10.2 Å². The van der Waals surface area contributed by atoms with E-state index in [4.69, 9.17) is 10.9 Å². The van der Waals surface area contributed by atoms with Gasteiger partial charge in [-0.15, -0.1) is 0 Å². The first kappa shape index (κ1) is 10.8. The average Bonchev–Trinajstić information content (AvgIpc) is 1.80. The van der Waals surface area contributed by atoms with Gasteiger partial charge >= 0.3 is 0 Å². The largest absolute Gasteiger partial charge is 0.329 e. The van der Waals surface area contributed by atoms with Gasteiger partial charge in [-0.2, -0.15) is 13.1 Å². The van der Waals surface area contributed by atoms with Crippen molar-refractivity contribution < 1.29 is 8.42 Å². The highest BCUT2D eigenvalue weighted by Crippen LogP contribution is 1.99. The fourth-order valence-corrected chi connectivity index (χ4v) is 1.46. The molecule has 1 atom stereocenters. The van der Waals surface area contributed by atoms with Crippen molar-refractivity contribution in [3.63, 3.8) is 0 Å². The molecule has 0 aliphatic rings. The minimum atomic E-state index is -3.61. The van der Waals surface area contributed by atoms with E-state index in [1.165, 1.54) is 0 Å². The van der Waals surface area contributed by atoms with Crippen molar-refractivity contribution in [2.45, 2.75) is 19.9 Å². The molecule has 68 valence electrons. The summed E-state index contributed by atoms with van der Waals surface area (Å²) in [7, 11) is -3.61. The Kier molecular flexibility index (Phi) is 3.95. The molecule has 0 saturated heterocycles. The lowest BCUT2D eigenvalue weighted by atomic mass is 10.1. The van der Waals surface area contributed by atoms with Crippen molar-refractivity contribution in [1.29, 1.82) is 0 Å². The number of rotatable bonds is 4. The van der Waals surface area contributed by atoms with Crippen LogP contribution in [0.4, 0.5) is 0 Å². The zero-order valence-electron chi connectivity index (χ0n) is 6.74. The van der Waals surface area contributed by atoms with Crippen LogP contribution in [0.25, 0.3) is 0 Å². The molecule has 0 aromatic carbocycles. The summed E-state index contributed by atoms with van der Waals surface area (Å²) in [5.41, 5.74) is 5.30. The Morgan fingerprint density at radius 2 is 1.91 bits per heavy atom. The van der Waals surface area contributed by atoms with E-state index in [1.807, 2.05) is 13.8 Å². The van der Waals surface area contributed by atoms with Crippen LogP contribution in [0.1, 0.15) is 13.8 Å². The number of hydrogen-bond donors (Lipinski definition) is 3. The van der Waals surface area contributed by atoms with Crippen molar-refractivity contribution in [3.05, 3.63) is 0 Å². The molecule has 0 spiro atoms. The summed E-state index contributed by atoms with van der Waals surface area (Å²) in [4.78, 5) is 0. The van der Waals surface area contributed by atoms with Crippen molar-refractivity contribution in [2.75, 3.05) is 6.54 Å². The van der Waals surface area contributed by atoms with Crippen molar-refractivity contribution in [2.24, 2.45) is 16.8 Å². The molecule has 0 aliphatic carbocycles. The van der Waals surface area contributed by atoms with Gasteiger partial charge in [0, 0.05) is 12.6 Å². The molecule has 0 heterocycles. The molecule has 0 aromatic heterocycles. The maximum atomic E-state index is 10.5. The second kappa shape index (κ2) is 4.01. The lowest BCUT2D eigenvalue weighted by Crippen LogP contribution is -2.46. The monoisotopic (exact) mass is 181 g/mol. The van der Waals surface area contributed by atoms with E-state index in [9.17, 15) is 8.42 Å². The first-order chi connectivity index (χ1) is 4.87. The van der Waals surface area contributed by atoms with Crippen LogP contribution < -0.4 is 15.6 Å². The SMILES string of the molecule is CC(C)[C@@H](CN)NS(N)(=O)=O. The molecule has 0 amide bonds. The van der Waals surface area contributed by atoms with E-state index in [-0.39, 0.29) is 18.5 Å². The summed E-state index contributed by atoms with van der Waals surface area (Å²) < 4.78 is 23.3. The Hall–Kier alpha value is -0.170.